The number of carbonyl (C=O) groups excluding carboxylic acids is 1. The van der Waals surface area contributed by atoms with E-state index >= 15 is 0 Å². The minimum atomic E-state index is -0.804. The molecule has 0 radical (unpaired) electrons. The molecule has 0 saturated heterocycles. The summed E-state index contributed by atoms with van der Waals surface area (Å²) >= 11 is 4.81. The van der Waals surface area contributed by atoms with Crippen LogP contribution in [0.1, 0.15) is 40.9 Å². The van der Waals surface area contributed by atoms with Gasteiger partial charge in [-0.3, -0.25) is 9.59 Å². The van der Waals surface area contributed by atoms with Crippen LogP contribution >= 0.6 is 27.3 Å². The van der Waals surface area contributed by atoms with Crippen molar-refractivity contribution >= 4 is 39.0 Å². The number of halogens is 1. The van der Waals surface area contributed by atoms with E-state index in [1.165, 1.54) is 11.3 Å². The second-order valence-electron chi connectivity index (χ2n) is 3.59. The summed E-state index contributed by atoms with van der Waals surface area (Å²) in [6, 6.07) is 1.87. The standard InChI is InChI=1S/C11H13BrO3S/c1-7-6-9(16-11(7)12)8(13)4-2-3-5-10(14)15/h6H,2-5H2,1H3,(H,14,15). The van der Waals surface area contributed by atoms with Gasteiger partial charge in [-0.1, -0.05) is 0 Å². The highest BCUT2D eigenvalue weighted by Crippen LogP contribution is 2.28. The maximum absolute atomic E-state index is 11.7. The van der Waals surface area contributed by atoms with Crippen LogP contribution in [0.3, 0.4) is 0 Å². The quantitative estimate of drug-likeness (QED) is 0.645. The third-order valence-electron chi connectivity index (χ3n) is 2.18. The van der Waals surface area contributed by atoms with E-state index in [4.69, 9.17) is 5.11 Å². The van der Waals surface area contributed by atoms with Crippen molar-refractivity contribution in [1.82, 2.24) is 0 Å². The van der Waals surface area contributed by atoms with Crippen LogP contribution in [0, 0.1) is 6.92 Å². The Bertz CT molecular complexity index is 378. The van der Waals surface area contributed by atoms with Gasteiger partial charge in [-0.25, -0.2) is 0 Å². The van der Waals surface area contributed by atoms with Gasteiger partial charge in [0.1, 0.15) is 0 Å². The van der Waals surface area contributed by atoms with Crippen molar-refractivity contribution in [3.63, 3.8) is 0 Å². The van der Waals surface area contributed by atoms with Crippen LogP contribution in [0.15, 0.2) is 9.85 Å². The van der Waals surface area contributed by atoms with Crippen molar-refractivity contribution in [2.45, 2.75) is 32.6 Å². The zero-order chi connectivity index (χ0) is 12.1. The Labute approximate surface area is 107 Å². The van der Waals surface area contributed by atoms with Crippen molar-refractivity contribution in [2.75, 3.05) is 0 Å². The van der Waals surface area contributed by atoms with Gasteiger partial charge in [0.05, 0.1) is 8.66 Å². The molecular weight excluding hydrogens is 292 g/mol. The third-order valence-corrected chi connectivity index (χ3v) is 4.35. The lowest BCUT2D eigenvalue weighted by atomic mass is 10.1. The van der Waals surface area contributed by atoms with Crippen molar-refractivity contribution in [3.8, 4) is 0 Å². The molecule has 88 valence electrons. The first-order valence-electron chi connectivity index (χ1n) is 5.01. The molecule has 0 aromatic carbocycles. The van der Waals surface area contributed by atoms with Gasteiger partial charge >= 0.3 is 5.97 Å². The van der Waals surface area contributed by atoms with Gasteiger partial charge in [0.25, 0.3) is 0 Å². The molecule has 1 N–H and O–H groups in total. The number of ketones is 1. The maximum atomic E-state index is 11.7. The topological polar surface area (TPSA) is 54.4 Å². The van der Waals surface area contributed by atoms with Crippen molar-refractivity contribution in [1.29, 1.82) is 0 Å². The number of rotatable bonds is 6. The zero-order valence-corrected chi connectivity index (χ0v) is 11.4. The Balaban J connectivity index is 2.38. The number of aryl methyl sites for hydroxylation is 1. The Morgan fingerprint density at radius 2 is 2.00 bits per heavy atom. The molecule has 1 aromatic heterocycles. The second kappa shape index (κ2) is 6.15. The lowest BCUT2D eigenvalue weighted by Crippen LogP contribution is -1.98. The smallest absolute Gasteiger partial charge is 0.303 e. The van der Waals surface area contributed by atoms with E-state index in [0.29, 0.717) is 19.3 Å². The Morgan fingerprint density at radius 1 is 1.38 bits per heavy atom. The molecule has 0 saturated carbocycles. The molecule has 1 rings (SSSR count). The lowest BCUT2D eigenvalue weighted by Gasteiger charge is -1.96. The predicted molar refractivity (Wildman–Crippen MR) is 67.2 cm³/mol. The Morgan fingerprint density at radius 3 is 2.50 bits per heavy atom. The zero-order valence-electron chi connectivity index (χ0n) is 8.96. The van der Waals surface area contributed by atoms with E-state index < -0.39 is 5.97 Å². The minimum Gasteiger partial charge on any atom is -0.481 e. The van der Waals surface area contributed by atoms with Gasteiger partial charge < -0.3 is 5.11 Å². The number of carboxylic acids is 1. The first-order valence-corrected chi connectivity index (χ1v) is 6.62. The fourth-order valence-corrected chi connectivity index (χ4v) is 2.78. The lowest BCUT2D eigenvalue weighted by molar-refractivity contribution is -0.137. The van der Waals surface area contributed by atoms with Gasteiger partial charge in [-0.05, 0) is 47.3 Å². The van der Waals surface area contributed by atoms with E-state index in [1.54, 1.807) is 0 Å². The van der Waals surface area contributed by atoms with Gasteiger partial charge in [-0.15, -0.1) is 11.3 Å². The van der Waals surface area contributed by atoms with Crippen LogP contribution in [-0.4, -0.2) is 16.9 Å². The summed E-state index contributed by atoms with van der Waals surface area (Å²) < 4.78 is 0.987. The number of hydrogen-bond donors (Lipinski definition) is 1. The average Bonchev–Trinajstić information content (AvgIpc) is 2.54. The molecule has 1 aromatic rings. The normalized spacial score (nSPS) is 10.4. The fourth-order valence-electron chi connectivity index (χ4n) is 1.28. The summed E-state index contributed by atoms with van der Waals surface area (Å²) in [6.45, 7) is 1.95. The summed E-state index contributed by atoms with van der Waals surface area (Å²) in [7, 11) is 0. The van der Waals surface area contributed by atoms with Crippen LogP contribution in [0.25, 0.3) is 0 Å². The van der Waals surface area contributed by atoms with Gasteiger partial charge in [-0.2, -0.15) is 0 Å². The minimum absolute atomic E-state index is 0.101. The van der Waals surface area contributed by atoms with Crippen LogP contribution in [-0.2, 0) is 4.79 Å². The molecule has 0 aliphatic heterocycles. The molecule has 0 aliphatic carbocycles. The maximum Gasteiger partial charge on any atom is 0.303 e. The Kier molecular flexibility index (Phi) is 5.15. The number of Topliss-reactive ketones (excluding diaryl/α,β-unsaturated/α-hetero) is 1. The molecular formula is C11H13BrO3S. The Hall–Kier alpha value is -0.680. The highest BCUT2D eigenvalue weighted by molar-refractivity contribution is 9.11. The molecule has 0 fully saturated rings. The van der Waals surface area contributed by atoms with Gasteiger partial charge in [0.15, 0.2) is 5.78 Å². The number of unbranched alkanes of at least 4 members (excludes halogenated alkanes) is 1. The molecule has 16 heavy (non-hydrogen) atoms. The molecule has 5 heteroatoms. The highest BCUT2D eigenvalue weighted by Gasteiger charge is 2.11. The fraction of sp³-hybridized carbons (Fsp3) is 0.455. The van der Waals surface area contributed by atoms with E-state index in [2.05, 4.69) is 15.9 Å². The van der Waals surface area contributed by atoms with Crippen LogP contribution in [0.4, 0.5) is 0 Å². The molecule has 0 spiro atoms. The largest absolute Gasteiger partial charge is 0.481 e. The monoisotopic (exact) mass is 304 g/mol. The SMILES string of the molecule is Cc1cc(C(=O)CCCCC(=O)O)sc1Br. The van der Waals surface area contributed by atoms with E-state index in [9.17, 15) is 9.59 Å². The summed E-state index contributed by atoms with van der Waals surface area (Å²) in [5, 5.41) is 8.45. The first-order chi connectivity index (χ1) is 7.50. The molecule has 0 amide bonds. The van der Waals surface area contributed by atoms with E-state index in [0.717, 1.165) is 14.2 Å². The van der Waals surface area contributed by atoms with Crippen LogP contribution in [0.2, 0.25) is 0 Å². The van der Waals surface area contributed by atoms with Crippen molar-refractivity contribution in [3.05, 3.63) is 20.3 Å². The number of hydrogen-bond acceptors (Lipinski definition) is 3. The first kappa shape index (κ1) is 13.4. The third kappa shape index (κ3) is 4.06. The molecule has 1 heterocycles. The van der Waals surface area contributed by atoms with E-state index in [1.807, 2.05) is 13.0 Å². The molecule has 0 atom stereocenters. The molecule has 0 unspecified atom stereocenters. The summed E-state index contributed by atoms with van der Waals surface area (Å²) in [6.07, 6.45) is 1.77. The highest BCUT2D eigenvalue weighted by atomic mass is 79.9. The molecule has 3 nitrogen and oxygen atoms in total. The van der Waals surface area contributed by atoms with Gasteiger partial charge in [0.2, 0.25) is 0 Å². The summed E-state index contributed by atoms with van der Waals surface area (Å²) in [5.41, 5.74) is 1.07. The number of carbonyl (C=O) groups is 2. The summed E-state index contributed by atoms with van der Waals surface area (Å²) in [5.74, 6) is -0.702. The van der Waals surface area contributed by atoms with E-state index in [-0.39, 0.29) is 12.2 Å². The molecule has 0 bridgehead atoms. The van der Waals surface area contributed by atoms with Crippen molar-refractivity contribution in [2.24, 2.45) is 0 Å². The van der Waals surface area contributed by atoms with Crippen LogP contribution < -0.4 is 0 Å². The number of carboxylic acid groups (broad SMARTS) is 1. The molecule has 0 aliphatic rings. The number of aliphatic carboxylic acids is 1. The average molecular weight is 305 g/mol. The summed E-state index contributed by atoms with van der Waals surface area (Å²) in [4.78, 5) is 22.7. The second-order valence-corrected chi connectivity index (χ2v) is 5.96. The van der Waals surface area contributed by atoms with Crippen molar-refractivity contribution < 1.29 is 14.7 Å². The van der Waals surface area contributed by atoms with Crippen LogP contribution in [0.5, 0.6) is 0 Å². The predicted octanol–water partition coefficient (Wildman–Crippen LogP) is 3.65. The van der Waals surface area contributed by atoms with Gasteiger partial charge in [0, 0.05) is 12.8 Å². The number of thiophene rings is 1.